The van der Waals surface area contributed by atoms with Crippen LogP contribution in [0, 0.1) is 17.0 Å². The highest BCUT2D eigenvalue weighted by Gasteiger charge is 2.22. The predicted octanol–water partition coefficient (Wildman–Crippen LogP) is 2.87. The number of piperidine rings is 1. The summed E-state index contributed by atoms with van der Waals surface area (Å²) >= 11 is 0. The summed E-state index contributed by atoms with van der Waals surface area (Å²) in [7, 11) is 0. The Morgan fingerprint density at radius 1 is 1.38 bits per heavy atom. The summed E-state index contributed by atoms with van der Waals surface area (Å²) < 4.78 is 0. The molecule has 5 heteroatoms. The van der Waals surface area contributed by atoms with Gasteiger partial charge in [0.05, 0.1) is 4.92 Å². The third-order valence-corrected chi connectivity index (χ3v) is 4.34. The lowest BCUT2D eigenvalue weighted by Gasteiger charge is -2.35. The molecule has 0 aromatic heterocycles. The number of nitro benzene ring substituents is 1. The lowest BCUT2D eigenvalue weighted by Crippen LogP contribution is -2.44. The van der Waals surface area contributed by atoms with Crippen molar-refractivity contribution in [3.8, 4) is 0 Å². The molecule has 0 spiro atoms. The summed E-state index contributed by atoms with van der Waals surface area (Å²) in [4.78, 5) is 13.4. The Balaban J connectivity index is 1.93. The van der Waals surface area contributed by atoms with Gasteiger partial charge in [-0.15, -0.1) is 0 Å². The Labute approximate surface area is 126 Å². The molecule has 0 radical (unpaired) electrons. The fourth-order valence-electron chi connectivity index (χ4n) is 3.00. The van der Waals surface area contributed by atoms with Crippen LogP contribution in [0.25, 0.3) is 0 Å². The minimum absolute atomic E-state index is 0.254. The number of nitrogens with zero attached hydrogens (tertiary/aromatic N) is 2. The van der Waals surface area contributed by atoms with Gasteiger partial charge in [0.2, 0.25) is 0 Å². The Morgan fingerprint density at radius 2 is 2.05 bits per heavy atom. The molecule has 0 aliphatic carbocycles. The first kappa shape index (κ1) is 15.9. The molecule has 1 aromatic rings. The van der Waals surface area contributed by atoms with Crippen molar-refractivity contribution in [1.82, 2.24) is 10.2 Å². The first-order chi connectivity index (χ1) is 9.99. The smallest absolute Gasteiger partial charge is 0.276 e. The third kappa shape index (κ3) is 4.02. The maximum absolute atomic E-state index is 11.2. The van der Waals surface area contributed by atoms with Gasteiger partial charge in [-0.05, 0) is 46.7 Å². The molecule has 1 aliphatic heterocycles. The van der Waals surface area contributed by atoms with Gasteiger partial charge in [0, 0.05) is 29.8 Å². The molecule has 1 N–H and O–H groups in total. The summed E-state index contributed by atoms with van der Waals surface area (Å²) in [5, 5.41) is 14.7. The van der Waals surface area contributed by atoms with Crippen LogP contribution in [0.2, 0.25) is 0 Å². The molecule has 0 saturated carbocycles. The zero-order chi connectivity index (χ0) is 15.4. The van der Waals surface area contributed by atoms with Gasteiger partial charge in [-0.3, -0.25) is 10.1 Å². The van der Waals surface area contributed by atoms with E-state index in [1.807, 2.05) is 12.1 Å². The topological polar surface area (TPSA) is 58.4 Å². The maximum Gasteiger partial charge on any atom is 0.276 e. The maximum atomic E-state index is 11.2. The Bertz CT molecular complexity index is 494. The number of rotatable bonds is 5. The van der Waals surface area contributed by atoms with Crippen molar-refractivity contribution in [2.45, 2.75) is 52.2 Å². The number of nitro groups is 1. The van der Waals surface area contributed by atoms with Crippen molar-refractivity contribution in [3.05, 3.63) is 39.4 Å². The summed E-state index contributed by atoms with van der Waals surface area (Å²) in [6, 6.07) is 6.59. The molecule has 0 bridgehead atoms. The normalized spacial score (nSPS) is 17.3. The molecule has 0 amide bonds. The van der Waals surface area contributed by atoms with Gasteiger partial charge in [0.15, 0.2) is 0 Å². The van der Waals surface area contributed by atoms with Crippen LogP contribution in [-0.2, 0) is 6.54 Å². The van der Waals surface area contributed by atoms with E-state index in [1.165, 1.54) is 0 Å². The number of nitrogens with one attached hydrogen (secondary N) is 1. The number of hydrogen-bond acceptors (Lipinski definition) is 4. The average Bonchev–Trinajstić information content (AvgIpc) is 2.45. The number of likely N-dealkylation sites (tertiary alicyclic amines) is 1. The number of aryl methyl sites for hydroxylation is 1. The van der Waals surface area contributed by atoms with E-state index in [9.17, 15) is 10.1 Å². The molecule has 1 aromatic carbocycles. The lowest BCUT2D eigenvalue weighted by atomic mass is 10.0. The number of hydrogen-bond donors (Lipinski definition) is 1. The van der Waals surface area contributed by atoms with Crippen LogP contribution in [0.4, 0.5) is 5.69 Å². The molecular formula is C16H25N3O2. The predicted molar refractivity (Wildman–Crippen MR) is 84.4 cm³/mol. The van der Waals surface area contributed by atoms with E-state index in [0.29, 0.717) is 18.6 Å². The summed E-state index contributed by atoms with van der Waals surface area (Å²) in [5.41, 5.74) is 1.77. The zero-order valence-electron chi connectivity index (χ0n) is 13.1. The van der Waals surface area contributed by atoms with Gasteiger partial charge in [0.25, 0.3) is 5.69 Å². The van der Waals surface area contributed by atoms with E-state index in [4.69, 9.17) is 0 Å². The largest absolute Gasteiger partial charge is 0.310 e. The fourth-order valence-corrected chi connectivity index (χ4v) is 3.00. The van der Waals surface area contributed by atoms with Gasteiger partial charge in [0.1, 0.15) is 0 Å². The highest BCUT2D eigenvalue weighted by molar-refractivity contribution is 5.46. The van der Waals surface area contributed by atoms with Crippen molar-refractivity contribution in [2.75, 3.05) is 13.1 Å². The van der Waals surface area contributed by atoms with E-state index >= 15 is 0 Å². The molecule has 5 nitrogen and oxygen atoms in total. The number of benzene rings is 1. The van der Waals surface area contributed by atoms with Crippen molar-refractivity contribution in [3.63, 3.8) is 0 Å². The Kier molecular flexibility index (Phi) is 5.31. The van der Waals surface area contributed by atoms with E-state index in [2.05, 4.69) is 24.1 Å². The molecule has 2 rings (SSSR count). The molecule has 0 atom stereocenters. The van der Waals surface area contributed by atoms with Crippen LogP contribution in [0.15, 0.2) is 18.2 Å². The molecule has 21 heavy (non-hydrogen) atoms. The van der Waals surface area contributed by atoms with Gasteiger partial charge in [-0.25, -0.2) is 0 Å². The van der Waals surface area contributed by atoms with Crippen LogP contribution >= 0.6 is 0 Å². The van der Waals surface area contributed by atoms with Gasteiger partial charge >= 0.3 is 0 Å². The molecule has 1 fully saturated rings. The minimum Gasteiger partial charge on any atom is -0.310 e. The fraction of sp³-hybridized carbons (Fsp3) is 0.625. The minimum atomic E-state index is -0.270. The quantitative estimate of drug-likeness (QED) is 0.669. The molecule has 1 saturated heterocycles. The average molecular weight is 291 g/mol. The standard InChI is InChI=1S/C16H25N3O2/c1-12(2)18-9-7-15(8-10-18)17-11-14-6-4-5-13(3)16(14)19(20)21/h4-6,12,15,17H,7-11H2,1-3H3. The van der Waals surface area contributed by atoms with Crippen LogP contribution in [0.5, 0.6) is 0 Å². The molecule has 1 heterocycles. The van der Waals surface area contributed by atoms with Crippen molar-refractivity contribution in [2.24, 2.45) is 0 Å². The molecule has 1 aliphatic rings. The molecule has 0 unspecified atom stereocenters. The van der Waals surface area contributed by atoms with Crippen molar-refractivity contribution < 1.29 is 4.92 Å². The molecule has 116 valence electrons. The van der Waals surface area contributed by atoms with Gasteiger partial charge < -0.3 is 10.2 Å². The second kappa shape index (κ2) is 7.00. The van der Waals surface area contributed by atoms with Crippen molar-refractivity contribution >= 4 is 5.69 Å². The lowest BCUT2D eigenvalue weighted by molar-refractivity contribution is -0.386. The number of para-hydroxylation sites is 1. The Hall–Kier alpha value is -1.46. The second-order valence-corrected chi connectivity index (χ2v) is 6.12. The zero-order valence-corrected chi connectivity index (χ0v) is 13.1. The Morgan fingerprint density at radius 3 is 2.62 bits per heavy atom. The highest BCUT2D eigenvalue weighted by Crippen LogP contribution is 2.23. The SMILES string of the molecule is Cc1cccc(CNC2CCN(C(C)C)CC2)c1[N+](=O)[O-]. The van der Waals surface area contributed by atoms with Crippen LogP contribution in [-0.4, -0.2) is 35.0 Å². The second-order valence-electron chi connectivity index (χ2n) is 6.12. The summed E-state index contributed by atoms with van der Waals surface area (Å²) in [6.45, 7) is 9.03. The first-order valence-corrected chi connectivity index (χ1v) is 7.69. The van der Waals surface area contributed by atoms with Gasteiger partial charge in [-0.2, -0.15) is 0 Å². The van der Waals surface area contributed by atoms with E-state index in [0.717, 1.165) is 37.1 Å². The molecular weight excluding hydrogens is 266 g/mol. The van der Waals surface area contributed by atoms with Crippen molar-refractivity contribution in [1.29, 1.82) is 0 Å². The third-order valence-electron chi connectivity index (χ3n) is 4.34. The summed E-state index contributed by atoms with van der Waals surface area (Å²) in [5.74, 6) is 0. The summed E-state index contributed by atoms with van der Waals surface area (Å²) in [6.07, 6.45) is 2.22. The first-order valence-electron chi connectivity index (χ1n) is 7.69. The van der Waals surface area contributed by atoms with E-state index < -0.39 is 0 Å². The highest BCUT2D eigenvalue weighted by atomic mass is 16.6. The van der Waals surface area contributed by atoms with Crippen LogP contribution in [0.1, 0.15) is 37.8 Å². The van der Waals surface area contributed by atoms with E-state index in [-0.39, 0.29) is 10.6 Å². The van der Waals surface area contributed by atoms with Crippen LogP contribution < -0.4 is 5.32 Å². The van der Waals surface area contributed by atoms with Gasteiger partial charge in [-0.1, -0.05) is 18.2 Å². The van der Waals surface area contributed by atoms with Crippen LogP contribution in [0.3, 0.4) is 0 Å². The monoisotopic (exact) mass is 291 g/mol. The van der Waals surface area contributed by atoms with E-state index in [1.54, 1.807) is 13.0 Å².